The van der Waals surface area contributed by atoms with Gasteiger partial charge in [-0.3, -0.25) is 0 Å². The molecular formula is C13H19ClO. The number of hydrogen-bond acceptors (Lipinski definition) is 1. The summed E-state index contributed by atoms with van der Waals surface area (Å²) >= 11 is 5.94. The average Bonchev–Trinajstić information content (AvgIpc) is 2.21. The number of benzene rings is 1. The molecule has 0 spiro atoms. The smallest absolute Gasteiger partial charge is 0.0815 e. The van der Waals surface area contributed by atoms with Gasteiger partial charge in [-0.2, -0.15) is 0 Å². The quantitative estimate of drug-likeness (QED) is 0.819. The Labute approximate surface area is 97.1 Å². The van der Waals surface area contributed by atoms with Crippen molar-refractivity contribution < 1.29 is 5.11 Å². The molecule has 2 unspecified atom stereocenters. The van der Waals surface area contributed by atoms with E-state index in [-0.39, 0.29) is 6.10 Å². The molecule has 0 aliphatic carbocycles. The summed E-state index contributed by atoms with van der Waals surface area (Å²) < 4.78 is 0. The third-order valence-corrected chi connectivity index (χ3v) is 3.23. The third-order valence-electron chi connectivity index (χ3n) is 2.81. The van der Waals surface area contributed by atoms with Crippen LogP contribution in [0, 0.1) is 12.8 Å². The lowest BCUT2D eigenvalue weighted by atomic mass is 9.93. The highest BCUT2D eigenvalue weighted by atomic mass is 35.5. The van der Waals surface area contributed by atoms with Crippen LogP contribution in [0.4, 0.5) is 0 Å². The number of halogens is 1. The van der Waals surface area contributed by atoms with E-state index in [4.69, 9.17) is 11.6 Å². The Balaban J connectivity index is 2.81. The van der Waals surface area contributed by atoms with Gasteiger partial charge in [0, 0.05) is 5.02 Å². The van der Waals surface area contributed by atoms with E-state index in [1.807, 2.05) is 25.1 Å². The van der Waals surface area contributed by atoms with Gasteiger partial charge >= 0.3 is 0 Å². The molecule has 84 valence electrons. The summed E-state index contributed by atoms with van der Waals surface area (Å²) in [5.41, 5.74) is 2.00. The molecule has 0 aromatic heterocycles. The Kier molecular flexibility index (Phi) is 4.62. The number of aryl methyl sites for hydroxylation is 1. The zero-order valence-electron chi connectivity index (χ0n) is 9.63. The molecule has 0 radical (unpaired) electrons. The minimum atomic E-state index is -0.374. The molecule has 0 aliphatic rings. The van der Waals surface area contributed by atoms with Gasteiger partial charge in [-0.1, -0.05) is 44.0 Å². The fourth-order valence-corrected chi connectivity index (χ4v) is 1.91. The Hall–Kier alpha value is -0.530. The van der Waals surface area contributed by atoms with E-state index in [2.05, 4.69) is 13.8 Å². The van der Waals surface area contributed by atoms with Crippen molar-refractivity contribution in [1.82, 2.24) is 0 Å². The van der Waals surface area contributed by atoms with E-state index >= 15 is 0 Å². The van der Waals surface area contributed by atoms with Gasteiger partial charge in [0.15, 0.2) is 0 Å². The Morgan fingerprint density at radius 3 is 2.60 bits per heavy atom. The van der Waals surface area contributed by atoms with Crippen LogP contribution in [0.15, 0.2) is 18.2 Å². The van der Waals surface area contributed by atoms with Crippen LogP contribution >= 0.6 is 11.6 Å². The largest absolute Gasteiger partial charge is 0.388 e. The molecule has 0 heterocycles. The number of rotatable bonds is 4. The topological polar surface area (TPSA) is 20.2 Å². The molecule has 1 nitrogen and oxygen atoms in total. The second-order valence-electron chi connectivity index (χ2n) is 4.22. The van der Waals surface area contributed by atoms with Gasteiger partial charge in [0.05, 0.1) is 6.10 Å². The summed E-state index contributed by atoms with van der Waals surface area (Å²) in [5, 5.41) is 10.9. The molecule has 2 atom stereocenters. The van der Waals surface area contributed by atoms with Crippen molar-refractivity contribution >= 4 is 11.6 Å². The van der Waals surface area contributed by atoms with Crippen LogP contribution in [0.25, 0.3) is 0 Å². The van der Waals surface area contributed by atoms with Crippen LogP contribution in [0.1, 0.15) is 43.9 Å². The zero-order chi connectivity index (χ0) is 11.4. The molecule has 1 rings (SSSR count). The summed E-state index contributed by atoms with van der Waals surface area (Å²) in [6.45, 7) is 6.18. The molecule has 0 fully saturated rings. The molecular weight excluding hydrogens is 208 g/mol. The highest BCUT2D eigenvalue weighted by Crippen LogP contribution is 2.27. The van der Waals surface area contributed by atoms with Crippen molar-refractivity contribution in [2.75, 3.05) is 0 Å². The lowest BCUT2D eigenvalue weighted by Crippen LogP contribution is -2.09. The van der Waals surface area contributed by atoms with E-state index in [1.165, 1.54) is 0 Å². The first kappa shape index (κ1) is 12.5. The average molecular weight is 227 g/mol. The van der Waals surface area contributed by atoms with E-state index in [9.17, 15) is 5.11 Å². The monoisotopic (exact) mass is 226 g/mol. The molecule has 0 bridgehead atoms. The van der Waals surface area contributed by atoms with Crippen LogP contribution < -0.4 is 0 Å². The van der Waals surface area contributed by atoms with Crippen LogP contribution in [0.3, 0.4) is 0 Å². The second-order valence-corrected chi connectivity index (χ2v) is 4.63. The number of aliphatic hydroxyl groups excluding tert-OH is 1. The van der Waals surface area contributed by atoms with Crippen molar-refractivity contribution in [3.05, 3.63) is 34.3 Å². The van der Waals surface area contributed by atoms with Crippen molar-refractivity contribution in [2.45, 2.75) is 39.7 Å². The lowest BCUT2D eigenvalue weighted by Gasteiger charge is -2.19. The normalized spacial score (nSPS) is 15.0. The van der Waals surface area contributed by atoms with Crippen molar-refractivity contribution in [3.8, 4) is 0 Å². The standard InChI is InChI=1S/C13H19ClO/c1-4-5-9(2)13(15)11-6-7-12(14)10(3)8-11/h6-9,13,15H,4-5H2,1-3H3. The molecule has 1 N–H and O–H groups in total. The fourth-order valence-electron chi connectivity index (χ4n) is 1.79. The minimum Gasteiger partial charge on any atom is -0.388 e. The Morgan fingerprint density at radius 1 is 1.40 bits per heavy atom. The fraction of sp³-hybridized carbons (Fsp3) is 0.538. The number of aliphatic hydroxyl groups is 1. The highest BCUT2D eigenvalue weighted by molar-refractivity contribution is 6.31. The first-order chi connectivity index (χ1) is 7.06. The van der Waals surface area contributed by atoms with Crippen molar-refractivity contribution in [2.24, 2.45) is 5.92 Å². The molecule has 2 heteroatoms. The van der Waals surface area contributed by atoms with Crippen LogP contribution in [-0.2, 0) is 0 Å². The Morgan fingerprint density at radius 2 is 2.07 bits per heavy atom. The molecule has 0 aliphatic heterocycles. The van der Waals surface area contributed by atoms with Gasteiger partial charge in [-0.05, 0) is 36.5 Å². The van der Waals surface area contributed by atoms with E-state index in [0.717, 1.165) is 29.0 Å². The van der Waals surface area contributed by atoms with Crippen LogP contribution in [-0.4, -0.2) is 5.11 Å². The molecule has 0 amide bonds. The highest BCUT2D eigenvalue weighted by Gasteiger charge is 2.15. The van der Waals surface area contributed by atoms with Gasteiger partial charge in [-0.15, -0.1) is 0 Å². The van der Waals surface area contributed by atoms with Gasteiger partial charge in [0.1, 0.15) is 0 Å². The van der Waals surface area contributed by atoms with Gasteiger partial charge in [0.25, 0.3) is 0 Å². The lowest BCUT2D eigenvalue weighted by molar-refractivity contribution is 0.112. The van der Waals surface area contributed by atoms with E-state index in [1.54, 1.807) is 0 Å². The first-order valence-electron chi connectivity index (χ1n) is 5.50. The maximum Gasteiger partial charge on any atom is 0.0815 e. The summed E-state index contributed by atoms with van der Waals surface area (Å²) in [5.74, 6) is 0.301. The number of hydrogen-bond donors (Lipinski definition) is 1. The Bertz CT molecular complexity index is 322. The van der Waals surface area contributed by atoms with Crippen LogP contribution in [0.5, 0.6) is 0 Å². The van der Waals surface area contributed by atoms with Crippen molar-refractivity contribution in [3.63, 3.8) is 0 Å². The summed E-state index contributed by atoms with van der Waals surface area (Å²) in [6, 6.07) is 5.74. The summed E-state index contributed by atoms with van der Waals surface area (Å²) in [6.07, 6.45) is 1.77. The zero-order valence-corrected chi connectivity index (χ0v) is 10.4. The minimum absolute atomic E-state index is 0.301. The van der Waals surface area contributed by atoms with Crippen LogP contribution in [0.2, 0.25) is 5.02 Å². The van der Waals surface area contributed by atoms with E-state index < -0.39 is 0 Å². The maximum absolute atomic E-state index is 10.1. The third kappa shape index (κ3) is 3.22. The van der Waals surface area contributed by atoms with E-state index in [0.29, 0.717) is 5.92 Å². The van der Waals surface area contributed by atoms with Gasteiger partial charge < -0.3 is 5.11 Å². The van der Waals surface area contributed by atoms with Gasteiger partial charge in [0.2, 0.25) is 0 Å². The molecule has 0 saturated carbocycles. The molecule has 1 aromatic rings. The first-order valence-corrected chi connectivity index (χ1v) is 5.88. The predicted molar refractivity (Wildman–Crippen MR) is 65.2 cm³/mol. The molecule has 1 aromatic carbocycles. The van der Waals surface area contributed by atoms with Crippen molar-refractivity contribution in [1.29, 1.82) is 0 Å². The summed E-state index contributed by atoms with van der Waals surface area (Å²) in [4.78, 5) is 0. The summed E-state index contributed by atoms with van der Waals surface area (Å²) in [7, 11) is 0. The van der Waals surface area contributed by atoms with Gasteiger partial charge in [-0.25, -0.2) is 0 Å². The SMILES string of the molecule is CCCC(C)C(O)c1ccc(Cl)c(C)c1. The maximum atomic E-state index is 10.1. The molecule has 15 heavy (non-hydrogen) atoms. The molecule has 0 saturated heterocycles. The predicted octanol–water partition coefficient (Wildman–Crippen LogP) is 4.12. The second kappa shape index (κ2) is 5.53.